The highest BCUT2D eigenvalue weighted by Gasteiger charge is 2.12. The highest BCUT2D eigenvalue weighted by atomic mass is 16.1. The van der Waals surface area contributed by atoms with E-state index in [2.05, 4.69) is 33.3 Å². The number of hydrogen-bond donors (Lipinski definition) is 1. The number of rotatable bonds is 6. The van der Waals surface area contributed by atoms with Crippen LogP contribution in [0.1, 0.15) is 34.5 Å². The van der Waals surface area contributed by atoms with Gasteiger partial charge in [0.05, 0.1) is 23.1 Å². The normalized spacial score (nSPS) is 11.6. The summed E-state index contributed by atoms with van der Waals surface area (Å²) in [6, 6.07) is 15.2. The largest absolute Gasteiger partial charge is 0.322 e. The topological polar surface area (TPSA) is 80.7 Å². The third kappa shape index (κ3) is 4.72. The van der Waals surface area contributed by atoms with Crippen molar-refractivity contribution in [2.24, 2.45) is 0 Å². The molecular weight excluding hydrogens is 374 g/mol. The number of carbonyl (C=O) groups excluding carboxylic acids is 1. The van der Waals surface area contributed by atoms with E-state index < -0.39 is 0 Å². The van der Waals surface area contributed by atoms with E-state index in [9.17, 15) is 4.79 Å². The number of anilines is 1. The van der Waals surface area contributed by atoms with Gasteiger partial charge in [-0.05, 0) is 54.3 Å². The summed E-state index contributed by atoms with van der Waals surface area (Å²) in [5, 5.41) is 2.94. The van der Waals surface area contributed by atoms with Crippen molar-refractivity contribution in [3.05, 3.63) is 103 Å². The van der Waals surface area contributed by atoms with Crippen LogP contribution in [-0.2, 0) is 6.42 Å². The number of pyridine rings is 2. The zero-order valence-corrected chi connectivity index (χ0v) is 16.6. The highest BCUT2D eigenvalue weighted by molar-refractivity contribution is 6.04. The molecule has 1 amide bonds. The molecule has 6 nitrogen and oxygen atoms in total. The van der Waals surface area contributed by atoms with Crippen molar-refractivity contribution in [1.29, 1.82) is 0 Å². The average molecular weight is 395 g/mol. The maximum atomic E-state index is 12.4. The molecule has 0 unspecified atom stereocenters. The highest BCUT2D eigenvalue weighted by Crippen LogP contribution is 2.24. The van der Waals surface area contributed by atoms with E-state index in [0.717, 1.165) is 34.6 Å². The Morgan fingerprint density at radius 3 is 2.60 bits per heavy atom. The fraction of sp³-hybridized carbons (Fsp3) is 0.125. The molecule has 0 aliphatic rings. The summed E-state index contributed by atoms with van der Waals surface area (Å²) < 4.78 is 0. The van der Waals surface area contributed by atoms with E-state index in [-0.39, 0.29) is 11.8 Å². The Kier molecular flexibility index (Phi) is 5.85. The smallest absolute Gasteiger partial charge is 0.257 e. The fourth-order valence-electron chi connectivity index (χ4n) is 3.22. The maximum absolute atomic E-state index is 12.4. The van der Waals surface area contributed by atoms with Crippen LogP contribution in [0.2, 0.25) is 0 Å². The first-order valence-electron chi connectivity index (χ1n) is 9.72. The molecule has 30 heavy (non-hydrogen) atoms. The van der Waals surface area contributed by atoms with E-state index in [1.54, 1.807) is 49.3 Å². The van der Waals surface area contributed by atoms with Gasteiger partial charge >= 0.3 is 0 Å². The molecular formula is C24H21N5O. The van der Waals surface area contributed by atoms with Gasteiger partial charge in [-0.2, -0.15) is 0 Å². The van der Waals surface area contributed by atoms with Crippen molar-refractivity contribution >= 4 is 11.6 Å². The van der Waals surface area contributed by atoms with Gasteiger partial charge in [-0.25, -0.2) is 4.98 Å². The lowest BCUT2D eigenvalue weighted by Gasteiger charge is -2.14. The third-order valence-electron chi connectivity index (χ3n) is 4.81. The van der Waals surface area contributed by atoms with Crippen molar-refractivity contribution in [2.75, 3.05) is 5.32 Å². The van der Waals surface area contributed by atoms with Crippen LogP contribution in [0, 0.1) is 0 Å². The number of amides is 1. The lowest BCUT2D eigenvalue weighted by Crippen LogP contribution is -2.12. The number of hydrogen-bond acceptors (Lipinski definition) is 5. The van der Waals surface area contributed by atoms with Gasteiger partial charge in [0.25, 0.3) is 5.91 Å². The summed E-state index contributed by atoms with van der Waals surface area (Å²) in [5.41, 5.74) is 5.15. The van der Waals surface area contributed by atoms with Crippen LogP contribution >= 0.6 is 0 Å². The average Bonchev–Trinajstić information content (AvgIpc) is 2.80. The number of benzene rings is 1. The molecule has 4 rings (SSSR count). The van der Waals surface area contributed by atoms with Crippen LogP contribution in [-0.4, -0.2) is 25.8 Å². The minimum absolute atomic E-state index is 0.177. The zero-order valence-electron chi connectivity index (χ0n) is 16.6. The van der Waals surface area contributed by atoms with Crippen LogP contribution in [0.5, 0.6) is 0 Å². The van der Waals surface area contributed by atoms with E-state index in [0.29, 0.717) is 5.56 Å². The van der Waals surface area contributed by atoms with E-state index >= 15 is 0 Å². The molecule has 6 heteroatoms. The van der Waals surface area contributed by atoms with Crippen LogP contribution in [0.25, 0.3) is 11.3 Å². The van der Waals surface area contributed by atoms with Crippen molar-refractivity contribution in [3.8, 4) is 11.3 Å². The Balaban J connectivity index is 1.47. The molecule has 0 fully saturated rings. The predicted octanol–water partition coefficient (Wildman–Crippen LogP) is 4.53. The minimum Gasteiger partial charge on any atom is -0.322 e. The molecule has 0 spiro atoms. The van der Waals surface area contributed by atoms with Crippen molar-refractivity contribution < 1.29 is 4.79 Å². The van der Waals surface area contributed by atoms with Gasteiger partial charge in [0.1, 0.15) is 0 Å². The standard InChI is InChI=1S/C24H21N5O/c1-17(12-22-15-27-16-23(28-22)18-7-10-25-11-8-18)19-4-2-6-21(13-19)29-24(30)20-5-3-9-26-14-20/h2-11,13-17H,12H2,1H3,(H,29,30)/t17-/m1/s1. The number of carbonyl (C=O) groups is 1. The second-order valence-electron chi connectivity index (χ2n) is 7.06. The van der Waals surface area contributed by atoms with Gasteiger partial charge < -0.3 is 5.32 Å². The van der Waals surface area contributed by atoms with Crippen LogP contribution in [0.3, 0.4) is 0 Å². The van der Waals surface area contributed by atoms with Gasteiger partial charge in [0, 0.05) is 42.2 Å². The van der Waals surface area contributed by atoms with E-state index in [1.807, 2.05) is 30.3 Å². The molecule has 3 heterocycles. The molecule has 0 aliphatic carbocycles. The second-order valence-corrected chi connectivity index (χ2v) is 7.06. The van der Waals surface area contributed by atoms with Gasteiger partial charge in [0.15, 0.2) is 0 Å². The summed E-state index contributed by atoms with van der Waals surface area (Å²) in [6.45, 7) is 2.14. The SMILES string of the molecule is C[C@H](Cc1cncc(-c2ccncc2)n1)c1cccc(NC(=O)c2cccnc2)c1. The minimum atomic E-state index is -0.177. The third-order valence-corrected chi connectivity index (χ3v) is 4.81. The molecule has 1 atom stereocenters. The van der Waals surface area contributed by atoms with Crippen molar-refractivity contribution in [2.45, 2.75) is 19.3 Å². The van der Waals surface area contributed by atoms with Crippen LogP contribution in [0.15, 0.2) is 85.7 Å². The first-order valence-corrected chi connectivity index (χ1v) is 9.72. The van der Waals surface area contributed by atoms with E-state index in [1.165, 1.54) is 0 Å². The zero-order chi connectivity index (χ0) is 20.8. The summed E-state index contributed by atoms with van der Waals surface area (Å²) in [4.78, 5) is 29.5. The second kappa shape index (κ2) is 9.05. The molecule has 3 aromatic heterocycles. The number of nitrogens with zero attached hydrogens (tertiary/aromatic N) is 4. The van der Waals surface area contributed by atoms with Crippen LogP contribution in [0.4, 0.5) is 5.69 Å². The lowest BCUT2D eigenvalue weighted by atomic mass is 9.96. The first-order chi connectivity index (χ1) is 14.7. The Labute approximate surface area is 175 Å². The maximum Gasteiger partial charge on any atom is 0.257 e. The Morgan fingerprint density at radius 1 is 0.933 bits per heavy atom. The Bertz CT molecular complexity index is 1130. The molecule has 0 saturated carbocycles. The Hall–Kier alpha value is -3.93. The monoisotopic (exact) mass is 395 g/mol. The summed E-state index contributed by atoms with van der Waals surface area (Å²) in [7, 11) is 0. The molecule has 0 saturated heterocycles. The van der Waals surface area contributed by atoms with Crippen LogP contribution < -0.4 is 5.32 Å². The molecule has 0 bridgehead atoms. The van der Waals surface area contributed by atoms with Gasteiger partial charge in [-0.3, -0.25) is 19.7 Å². The quantitative estimate of drug-likeness (QED) is 0.519. The fourth-order valence-corrected chi connectivity index (χ4v) is 3.22. The molecule has 0 radical (unpaired) electrons. The van der Waals surface area contributed by atoms with Crippen molar-refractivity contribution in [3.63, 3.8) is 0 Å². The molecule has 148 valence electrons. The molecule has 1 aromatic carbocycles. The number of nitrogens with one attached hydrogen (secondary N) is 1. The molecule has 4 aromatic rings. The van der Waals surface area contributed by atoms with Gasteiger partial charge in [-0.1, -0.05) is 19.1 Å². The van der Waals surface area contributed by atoms with Crippen molar-refractivity contribution in [1.82, 2.24) is 19.9 Å². The molecule has 1 N–H and O–H groups in total. The van der Waals surface area contributed by atoms with Gasteiger partial charge in [0.2, 0.25) is 0 Å². The first kappa shape index (κ1) is 19.4. The summed E-state index contributed by atoms with van der Waals surface area (Å²) >= 11 is 0. The van der Waals surface area contributed by atoms with Gasteiger partial charge in [-0.15, -0.1) is 0 Å². The molecule has 0 aliphatic heterocycles. The Morgan fingerprint density at radius 2 is 1.80 bits per heavy atom. The summed E-state index contributed by atoms with van der Waals surface area (Å²) in [6.07, 6.45) is 11.0. The van der Waals surface area contributed by atoms with E-state index in [4.69, 9.17) is 4.98 Å². The summed E-state index contributed by atoms with van der Waals surface area (Å²) in [5.74, 6) is 0.0334. The predicted molar refractivity (Wildman–Crippen MR) is 116 cm³/mol. The number of aromatic nitrogens is 4. The lowest BCUT2D eigenvalue weighted by molar-refractivity contribution is 0.102.